The van der Waals surface area contributed by atoms with Crippen LogP contribution in [0.25, 0.3) is 0 Å². The van der Waals surface area contributed by atoms with Crippen LogP contribution in [0.15, 0.2) is 42.5 Å². The molecule has 2 aromatic carbocycles. The number of hydrogen-bond acceptors (Lipinski definition) is 2. The smallest absolute Gasteiger partial charge is 0.408 e. The second-order valence-electron chi connectivity index (χ2n) is 5.49. The van der Waals surface area contributed by atoms with Crippen molar-refractivity contribution in [3.05, 3.63) is 70.3 Å². The van der Waals surface area contributed by atoms with Gasteiger partial charge >= 0.3 is 6.09 Å². The average molecular weight is 307 g/mol. The summed E-state index contributed by atoms with van der Waals surface area (Å²) in [6.45, 7) is 6.69. The fourth-order valence-corrected chi connectivity index (χ4v) is 2.40. The van der Waals surface area contributed by atoms with Gasteiger partial charge < -0.3 is 10.1 Å². The van der Waals surface area contributed by atoms with Crippen LogP contribution in [0.1, 0.15) is 27.8 Å². The van der Waals surface area contributed by atoms with Gasteiger partial charge in [-0.05, 0) is 37.5 Å². The third kappa shape index (κ3) is 5.19. The van der Waals surface area contributed by atoms with E-state index in [2.05, 4.69) is 36.2 Å². The molecule has 2 rings (SSSR count). The number of amides is 1. The Morgan fingerprint density at radius 1 is 1.09 bits per heavy atom. The van der Waals surface area contributed by atoms with E-state index in [-0.39, 0.29) is 13.2 Å². The molecule has 1 amide bonds. The van der Waals surface area contributed by atoms with Gasteiger partial charge in [0.1, 0.15) is 6.61 Å². The third-order valence-corrected chi connectivity index (χ3v) is 3.42. The summed E-state index contributed by atoms with van der Waals surface area (Å²) >= 11 is 0. The van der Waals surface area contributed by atoms with Gasteiger partial charge in [0.25, 0.3) is 0 Å². The Labute approximate surface area is 137 Å². The van der Waals surface area contributed by atoms with Gasteiger partial charge in [-0.2, -0.15) is 0 Å². The second-order valence-corrected chi connectivity index (χ2v) is 5.49. The molecule has 0 bridgehead atoms. The number of nitrogens with one attached hydrogen (secondary N) is 1. The van der Waals surface area contributed by atoms with Gasteiger partial charge in [0.15, 0.2) is 0 Å². The quantitative estimate of drug-likeness (QED) is 0.874. The normalized spacial score (nSPS) is 9.70. The molecular weight excluding hydrogens is 286 g/mol. The number of carbonyl (C=O) groups is 1. The molecule has 0 aliphatic heterocycles. The van der Waals surface area contributed by atoms with E-state index in [0.29, 0.717) is 0 Å². The highest BCUT2D eigenvalue weighted by molar-refractivity contribution is 5.67. The number of carbonyl (C=O) groups excluding carboxylic acids is 1. The summed E-state index contributed by atoms with van der Waals surface area (Å²) < 4.78 is 5.13. The number of ether oxygens (including phenoxy) is 1. The largest absolute Gasteiger partial charge is 0.445 e. The second kappa shape index (κ2) is 8.05. The average Bonchev–Trinajstić information content (AvgIpc) is 2.52. The predicted octanol–water partition coefficient (Wildman–Crippen LogP) is 3.89. The van der Waals surface area contributed by atoms with E-state index in [0.717, 1.165) is 22.3 Å². The molecule has 118 valence electrons. The molecule has 1 N–H and O–H groups in total. The van der Waals surface area contributed by atoms with E-state index in [4.69, 9.17) is 4.74 Å². The molecular formula is C20H21NO2. The number of benzene rings is 2. The van der Waals surface area contributed by atoms with Crippen molar-refractivity contribution >= 4 is 6.09 Å². The number of hydrogen-bond donors (Lipinski definition) is 1. The minimum Gasteiger partial charge on any atom is -0.445 e. The van der Waals surface area contributed by atoms with Crippen molar-refractivity contribution in [2.24, 2.45) is 0 Å². The van der Waals surface area contributed by atoms with E-state index < -0.39 is 6.09 Å². The van der Waals surface area contributed by atoms with E-state index in [1.165, 1.54) is 5.56 Å². The Hall–Kier alpha value is -2.73. The van der Waals surface area contributed by atoms with Crippen molar-refractivity contribution < 1.29 is 9.53 Å². The molecule has 0 radical (unpaired) electrons. The molecule has 0 unspecified atom stereocenters. The summed E-state index contributed by atoms with van der Waals surface area (Å²) in [5, 5.41) is 2.64. The maximum absolute atomic E-state index is 11.6. The lowest BCUT2D eigenvalue weighted by atomic mass is 10.0. The monoisotopic (exact) mass is 307 g/mol. The molecule has 3 heteroatoms. The van der Waals surface area contributed by atoms with Gasteiger partial charge in [0.05, 0.1) is 6.54 Å². The summed E-state index contributed by atoms with van der Waals surface area (Å²) in [7, 11) is 0. The lowest BCUT2D eigenvalue weighted by molar-refractivity contribution is 0.141. The molecule has 0 saturated carbocycles. The van der Waals surface area contributed by atoms with E-state index in [1.807, 2.05) is 44.2 Å². The zero-order chi connectivity index (χ0) is 16.7. The van der Waals surface area contributed by atoms with Crippen LogP contribution in [0.2, 0.25) is 0 Å². The number of aryl methyl sites for hydroxylation is 3. The maximum atomic E-state index is 11.6. The van der Waals surface area contributed by atoms with Crippen LogP contribution in [0.4, 0.5) is 4.79 Å². The van der Waals surface area contributed by atoms with E-state index >= 15 is 0 Å². The molecule has 0 aliphatic carbocycles. The van der Waals surface area contributed by atoms with Crippen molar-refractivity contribution in [2.75, 3.05) is 6.54 Å². The first kappa shape index (κ1) is 16.6. The highest BCUT2D eigenvalue weighted by atomic mass is 16.5. The van der Waals surface area contributed by atoms with Crippen molar-refractivity contribution in [2.45, 2.75) is 27.4 Å². The summed E-state index contributed by atoms with van der Waals surface area (Å²) in [6.07, 6.45) is -0.458. The highest BCUT2D eigenvalue weighted by Crippen LogP contribution is 2.14. The predicted molar refractivity (Wildman–Crippen MR) is 92.2 cm³/mol. The third-order valence-electron chi connectivity index (χ3n) is 3.42. The zero-order valence-electron chi connectivity index (χ0n) is 13.8. The molecule has 0 atom stereocenters. The Bertz CT molecular complexity index is 716. The fraction of sp³-hybridized carbons (Fsp3) is 0.250. The van der Waals surface area contributed by atoms with Crippen LogP contribution in [0, 0.1) is 32.6 Å². The standard InChI is InChI=1S/C20H21NO2/c1-15-12-16(2)19(17(3)13-15)10-7-11-21-20(22)23-14-18-8-5-4-6-9-18/h4-6,8-9,12-13H,11,14H2,1-3H3,(H,21,22). The minimum absolute atomic E-state index is 0.260. The van der Waals surface area contributed by atoms with Crippen molar-refractivity contribution in [3.8, 4) is 11.8 Å². The van der Waals surface area contributed by atoms with Gasteiger partial charge in [-0.1, -0.05) is 59.9 Å². The lowest BCUT2D eigenvalue weighted by Gasteiger charge is -2.05. The first-order chi connectivity index (χ1) is 11.1. The molecule has 0 fully saturated rings. The summed E-state index contributed by atoms with van der Waals surface area (Å²) in [4.78, 5) is 11.6. The van der Waals surface area contributed by atoms with Crippen molar-refractivity contribution in [3.63, 3.8) is 0 Å². The van der Waals surface area contributed by atoms with Gasteiger partial charge in [0.2, 0.25) is 0 Å². The van der Waals surface area contributed by atoms with Crippen LogP contribution in [0.3, 0.4) is 0 Å². The highest BCUT2D eigenvalue weighted by Gasteiger charge is 2.02. The molecule has 0 aromatic heterocycles. The van der Waals surface area contributed by atoms with Crippen molar-refractivity contribution in [1.29, 1.82) is 0 Å². The summed E-state index contributed by atoms with van der Waals surface area (Å²) in [6, 6.07) is 13.8. The Balaban J connectivity index is 1.83. The Kier molecular flexibility index (Phi) is 5.82. The van der Waals surface area contributed by atoms with Crippen LogP contribution < -0.4 is 5.32 Å². The molecule has 0 spiro atoms. The SMILES string of the molecule is Cc1cc(C)c(C#CCNC(=O)OCc2ccccc2)c(C)c1. The van der Waals surface area contributed by atoms with E-state index in [1.54, 1.807) is 0 Å². The molecule has 0 saturated heterocycles. The fourth-order valence-electron chi connectivity index (χ4n) is 2.40. The zero-order valence-corrected chi connectivity index (χ0v) is 13.8. The molecule has 3 nitrogen and oxygen atoms in total. The lowest BCUT2D eigenvalue weighted by Crippen LogP contribution is -2.24. The topological polar surface area (TPSA) is 38.3 Å². The molecule has 2 aromatic rings. The molecule has 23 heavy (non-hydrogen) atoms. The van der Waals surface area contributed by atoms with Gasteiger partial charge in [-0.15, -0.1) is 0 Å². The van der Waals surface area contributed by atoms with Crippen LogP contribution in [0.5, 0.6) is 0 Å². The number of rotatable bonds is 3. The van der Waals surface area contributed by atoms with Gasteiger partial charge in [-0.3, -0.25) is 0 Å². The molecule has 0 aliphatic rings. The first-order valence-electron chi connectivity index (χ1n) is 7.57. The summed E-state index contributed by atoms with van der Waals surface area (Å²) in [5.41, 5.74) is 5.52. The van der Waals surface area contributed by atoms with Crippen LogP contribution >= 0.6 is 0 Å². The van der Waals surface area contributed by atoms with Crippen LogP contribution in [-0.2, 0) is 11.3 Å². The van der Waals surface area contributed by atoms with Crippen LogP contribution in [-0.4, -0.2) is 12.6 Å². The molecule has 0 heterocycles. The Morgan fingerprint density at radius 2 is 1.74 bits per heavy atom. The van der Waals surface area contributed by atoms with Gasteiger partial charge in [-0.25, -0.2) is 4.79 Å². The minimum atomic E-state index is -0.458. The van der Waals surface area contributed by atoms with Crippen molar-refractivity contribution in [1.82, 2.24) is 5.32 Å². The Morgan fingerprint density at radius 3 is 2.39 bits per heavy atom. The van der Waals surface area contributed by atoms with E-state index in [9.17, 15) is 4.79 Å². The maximum Gasteiger partial charge on any atom is 0.408 e. The number of alkyl carbamates (subject to hydrolysis) is 1. The van der Waals surface area contributed by atoms with Gasteiger partial charge in [0, 0.05) is 5.56 Å². The first-order valence-corrected chi connectivity index (χ1v) is 7.57. The summed E-state index contributed by atoms with van der Waals surface area (Å²) in [5.74, 6) is 6.09.